The molecule has 1 heterocycles. The third-order valence-corrected chi connectivity index (χ3v) is 2.24. The molecular formula is C13H13N3O. The highest BCUT2D eigenvalue weighted by molar-refractivity contribution is 5.91. The van der Waals surface area contributed by atoms with Crippen LogP contribution < -0.4 is 5.32 Å². The van der Waals surface area contributed by atoms with E-state index in [1.807, 2.05) is 36.4 Å². The summed E-state index contributed by atoms with van der Waals surface area (Å²) in [5.74, 6) is -0.122. The van der Waals surface area contributed by atoms with E-state index in [1.165, 1.54) is 6.08 Å². The normalized spacial score (nSPS) is 10.6. The number of carbonyl (C=O) groups excluding carboxylic acids is 1. The molecule has 0 aliphatic rings. The van der Waals surface area contributed by atoms with E-state index in [1.54, 1.807) is 12.3 Å². The summed E-state index contributed by atoms with van der Waals surface area (Å²) >= 11 is 0. The number of rotatable bonds is 4. The minimum absolute atomic E-state index is 0.122. The predicted molar refractivity (Wildman–Crippen MR) is 65.9 cm³/mol. The number of nitrogens with zero attached hydrogens (tertiary/aromatic N) is 1. The van der Waals surface area contributed by atoms with Crippen molar-refractivity contribution in [2.24, 2.45) is 0 Å². The Morgan fingerprint density at radius 2 is 2.12 bits per heavy atom. The molecule has 2 rings (SSSR count). The lowest BCUT2D eigenvalue weighted by atomic mass is 10.2. The third-order valence-electron chi connectivity index (χ3n) is 2.24. The largest absolute Gasteiger partial charge is 0.347 e. The Morgan fingerprint density at radius 3 is 2.82 bits per heavy atom. The summed E-state index contributed by atoms with van der Waals surface area (Å²) in [7, 11) is 0. The van der Waals surface area contributed by atoms with E-state index in [2.05, 4.69) is 15.5 Å². The van der Waals surface area contributed by atoms with Crippen LogP contribution in [0, 0.1) is 0 Å². The molecule has 0 saturated carbocycles. The fraction of sp³-hybridized carbons (Fsp3) is 0.0769. The summed E-state index contributed by atoms with van der Waals surface area (Å²) in [5.41, 5.74) is 1.88. The first-order chi connectivity index (χ1) is 8.34. The maximum absolute atomic E-state index is 11.5. The average molecular weight is 227 g/mol. The predicted octanol–water partition coefficient (Wildman–Crippen LogP) is 1.74. The van der Waals surface area contributed by atoms with E-state index in [4.69, 9.17) is 0 Å². The summed E-state index contributed by atoms with van der Waals surface area (Å²) in [4.78, 5) is 11.5. The van der Waals surface area contributed by atoms with Crippen molar-refractivity contribution in [1.29, 1.82) is 0 Å². The first-order valence-electron chi connectivity index (χ1n) is 5.34. The van der Waals surface area contributed by atoms with Gasteiger partial charge in [-0.2, -0.15) is 5.10 Å². The lowest BCUT2D eigenvalue weighted by Crippen LogP contribution is -2.20. The van der Waals surface area contributed by atoms with Gasteiger partial charge in [-0.05, 0) is 17.7 Å². The molecule has 0 spiro atoms. The second kappa shape index (κ2) is 5.65. The molecule has 86 valence electrons. The summed E-state index contributed by atoms with van der Waals surface area (Å²) in [5, 5.41) is 9.34. The smallest absolute Gasteiger partial charge is 0.244 e. The van der Waals surface area contributed by atoms with Gasteiger partial charge in [0.2, 0.25) is 5.91 Å². The average Bonchev–Trinajstić information content (AvgIpc) is 2.88. The fourth-order valence-electron chi connectivity index (χ4n) is 1.36. The van der Waals surface area contributed by atoms with Gasteiger partial charge in [0.25, 0.3) is 0 Å². The van der Waals surface area contributed by atoms with Crippen molar-refractivity contribution in [3.05, 3.63) is 59.9 Å². The first-order valence-corrected chi connectivity index (χ1v) is 5.34. The summed E-state index contributed by atoms with van der Waals surface area (Å²) < 4.78 is 0. The molecule has 4 nitrogen and oxygen atoms in total. The van der Waals surface area contributed by atoms with Crippen molar-refractivity contribution in [1.82, 2.24) is 15.5 Å². The zero-order chi connectivity index (χ0) is 11.9. The number of nitrogens with one attached hydrogen (secondary N) is 2. The second-order valence-electron chi connectivity index (χ2n) is 3.54. The molecule has 1 aromatic heterocycles. The molecule has 2 N–H and O–H groups in total. The number of aromatic nitrogens is 2. The van der Waals surface area contributed by atoms with Crippen molar-refractivity contribution < 1.29 is 4.79 Å². The van der Waals surface area contributed by atoms with Crippen molar-refractivity contribution in [2.75, 3.05) is 0 Å². The lowest BCUT2D eigenvalue weighted by Gasteiger charge is -1.98. The van der Waals surface area contributed by atoms with Crippen LogP contribution in [0.25, 0.3) is 6.08 Å². The molecule has 0 atom stereocenters. The minimum Gasteiger partial charge on any atom is -0.347 e. The zero-order valence-corrected chi connectivity index (χ0v) is 9.26. The standard InChI is InChI=1S/C13H13N3O/c17-13(14-10-12-8-9-15-16-12)7-6-11-4-2-1-3-5-11/h1-9H,10H2,(H,14,17)(H,15,16)/b7-6+. The van der Waals surface area contributed by atoms with Crippen LogP contribution in [-0.2, 0) is 11.3 Å². The molecule has 0 bridgehead atoms. The summed E-state index contributed by atoms with van der Waals surface area (Å²) in [6.07, 6.45) is 4.95. The molecule has 17 heavy (non-hydrogen) atoms. The number of aromatic amines is 1. The lowest BCUT2D eigenvalue weighted by molar-refractivity contribution is -0.116. The Bertz CT molecular complexity index is 489. The van der Waals surface area contributed by atoms with Gasteiger partial charge in [0.05, 0.1) is 12.2 Å². The Kier molecular flexibility index (Phi) is 3.70. The summed E-state index contributed by atoms with van der Waals surface area (Å²) in [6, 6.07) is 11.5. The molecule has 0 aliphatic heterocycles. The summed E-state index contributed by atoms with van der Waals surface area (Å²) in [6.45, 7) is 0.456. The Hall–Kier alpha value is -2.36. The first kappa shape index (κ1) is 11.1. The van der Waals surface area contributed by atoms with E-state index < -0.39 is 0 Å². The van der Waals surface area contributed by atoms with E-state index in [-0.39, 0.29) is 5.91 Å². The van der Waals surface area contributed by atoms with Gasteiger partial charge in [0, 0.05) is 12.3 Å². The fourth-order valence-corrected chi connectivity index (χ4v) is 1.36. The van der Waals surface area contributed by atoms with Gasteiger partial charge in [-0.25, -0.2) is 0 Å². The molecule has 0 aliphatic carbocycles. The van der Waals surface area contributed by atoms with E-state index >= 15 is 0 Å². The van der Waals surface area contributed by atoms with Gasteiger partial charge in [-0.3, -0.25) is 9.89 Å². The molecule has 0 fully saturated rings. The monoisotopic (exact) mass is 227 g/mol. The third kappa shape index (κ3) is 3.61. The van der Waals surface area contributed by atoms with Gasteiger partial charge >= 0.3 is 0 Å². The Labute approximate surface area is 99.4 Å². The number of hydrogen-bond acceptors (Lipinski definition) is 2. The molecule has 4 heteroatoms. The quantitative estimate of drug-likeness (QED) is 0.782. The van der Waals surface area contributed by atoms with Crippen LogP contribution in [0.5, 0.6) is 0 Å². The Morgan fingerprint density at radius 1 is 1.29 bits per heavy atom. The number of carbonyl (C=O) groups is 1. The molecular weight excluding hydrogens is 214 g/mol. The number of H-pyrrole nitrogens is 1. The topological polar surface area (TPSA) is 57.8 Å². The number of benzene rings is 1. The van der Waals surface area contributed by atoms with Crippen LogP contribution in [0.4, 0.5) is 0 Å². The number of amides is 1. The molecule has 0 unspecified atom stereocenters. The van der Waals surface area contributed by atoms with Gasteiger partial charge < -0.3 is 5.32 Å². The van der Waals surface area contributed by atoms with Crippen molar-refractivity contribution in [3.63, 3.8) is 0 Å². The Balaban J connectivity index is 1.83. The van der Waals surface area contributed by atoms with Gasteiger partial charge in [0.1, 0.15) is 0 Å². The molecule has 2 aromatic rings. The SMILES string of the molecule is O=C(/C=C/c1ccccc1)NCc1ccn[nH]1. The van der Waals surface area contributed by atoms with Crippen LogP contribution in [0.3, 0.4) is 0 Å². The maximum Gasteiger partial charge on any atom is 0.244 e. The van der Waals surface area contributed by atoms with Crippen LogP contribution in [0.2, 0.25) is 0 Å². The van der Waals surface area contributed by atoms with Crippen LogP contribution in [-0.4, -0.2) is 16.1 Å². The zero-order valence-electron chi connectivity index (χ0n) is 9.26. The highest BCUT2D eigenvalue weighted by Crippen LogP contribution is 2.00. The number of hydrogen-bond donors (Lipinski definition) is 2. The van der Waals surface area contributed by atoms with Crippen molar-refractivity contribution >= 4 is 12.0 Å². The maximum atomic E-state index is 11.5. The molecule has 0 radical (unpaired) electrons. The van der Waals surface area contributed by atoms with Gasteiger partial charge in [-0.1, -0.05) is 30.3 Å². The van der Waals surface area contributed by atoms with Crippen LogP contribution in [0.15, 0.2) is 48.7 Å². The van der Waals surface area contributed by atoms with Crippen molar-refractivity contribution in [2.45, 2.75) is 6.54 Å². The molecule has 0 saturated heterocycles. The second-order valence-corrected chi connectivity index (χ2v) is 3.54. The van der Waals surface area contributed by atoms with E-state index in [0.29, 0.717) is 6.54 Å². The van der Waals surface area contributed by atoms with Gasteiger partial charge in [-0.15, -0.1) is 0 Å². The van der Waals surface area contributed by atoms with Gasteiger partial charge in [0.15, 0.2) is 0 Å². The van der Waals surface area contributed by atoms with Crippen molar-refractivity contribution in [3.8, 4) is 0 Å². The minimum atomic E-state index is -0.122. The molecule has 1 aromatic carbocycles. The highest BCUT2D eigenvalue weighted by atomic mass is 16.1. The van der Waals surface area contributed by atoms with Crippen LogP contribution in [0.1, 0.15) is 11.3 Å². The van der Waals surface area contributed by atoms with E-state index in [9.17, 15) is 4.79 Å². The highest BCUT2D eigenvalue weighted by Gasteiger charge is 1.96. The van der Waals surface area contributed by atoms with Crippen LogP contribution >= 0.6 is 0 Å². The molecule has 1 amide bonds. The van der Waals surface area contributed by atoms with E-state index in [0.717, 1.165) is 11.3 Å².